The normalized spacial score (nSPS) is 12.8. The van der Waals surface area contributed by atoms with Crippen LogP contribution in [0.25, 0.3) is 0 Å². The Balaban J connectivity index is 2.84. The molecule has 1 amide bonds. The lowest BCUT2D eigenvalue weighted by Crippen LogP contribution is -2.29. The highest BCUT2D eigenvalue weighted by Crippen LogP contribution is 2.26. The van der Waals surface area contributed by atoms with Crippen LogP contribution in [0.3, 0.4) is 0 Å². The van der Waals surface area contributed by atoms with Crippen molar-refractivity contribution in [2.75, 3.05) is 23.9 Å². The summed E-state index contributed by atoms with van der Waals surface area (Å²) in [5, 5.41) is 1.97. The molecule has 0 spiro atoms. The van der Waals surface area contributed by atoms with Gasteiger partial charge in [0.25, 0.3) is 0 Å². The highest BCUT2D eigenvalue weighted by Gasteiger charge is 2.23. The highest BCUT2D eigenvalue weighted by atomic mass is 32.2. The van der Waals surface area contributed by atoms with E-state index < -0.39 is 26.7 Å². The van der Waals surface area contributed by atoms with E-state index in [0.29, 0.717) is 23.5 Å². The molecule has 112 valence electrons. The van der Waals surface area contributed by atoms with Gasteiger partial charge in [-0.1, -0.05) is 6.92 Å². The third-order valence-electron chi connectivity index (χ3n) is 3.02. The standard InChI is InChI=1S/C13H20N2O4S/c1-4-9(2)20(17,18)8-13(16)15-11-7-10(14)5-6-12(11)19-3/h5-7,9H,4,8,14H2,1-3H3,(H,15,16). The van der Waals surface area contributed by atoms with Crippen LogP contribution in [0.1, 0.15) is 20.3 Å². The molecule has 0 saturated carbocycles. The number of amides is 1. The average Bonchev–Trinajstić information content (AvgIpc) is 2.37. The summed E-state index contributed by atoms with van der Waals surface area (Å²) in [7, 11) is -1.99. The number of nitrogen functional groups attached to an aromatic ring is 1. The van der Waals surface area contributed by atoms with Crippen molar-refractivity contribution in [2.24, 2.45) is 0 Å². The highest BCUT2D eigenvalue weighted by molar-refractivity contribution is 7.92. The number of benzene rings is 1. The second kappa shape index (κ2) is 6.60. The molecule has 7 heteroatoms. The number of carbonyl (C=O) groups is 1. The Labute approximate surface area is 119 Å². The van der Waals surface area contributed by atoms with E-state index in [-0.39, 0.29) is 0 Å². The van der Waals surface area contributed by atoms with E-state index in [9.17, 15) is 13.2 Å². The molecule has 0 radical (unpaired) electrons. The van der Waals surface area contributed by atoms with Gasteiger partial charge in [0, 0.05) is 5.69 Å². The van der Waals surface area contributed by atoms with Crippen molar-refractivity contribution < 1.29 is 17.9 Å². The van der Waals surface area contributed by atoms with Crippen molar-refractivity contribution in [1.29, 1.82) is 0 Å². The van der Waals surface area contributed by atoms with Gasteiger partial charge in [-0.3, -0.25) is 4.79 Å². The molecule has 1 atom stereocenters. The van der Waals surface area contributed by atoms with Crippen LogP contribution in [0.15, 0.2) is 18.2 Å². The maximum absolute atomic E-state index is 11.9. The summed E-state index contributed by atoms with van der Waals surface area (Å²) in [4.78, 5) is 11.8. The fourth-order valence-electron chi connectivity index (χ4n) is 1.59. The molecular formula is C13H20N2O4S. The molecule has 0 aliphatic carbocycles. The summed E-state index contributed by atoms with van der Waals surface area (Å²) in [5.74, 6) is -0.734. The van der Waals surface area contributed by atoms with Gasteiger partial charge in [0.1, 0.15) is 11.5 Å². The minimum atomic E-state index is -3.44. The Morgan fingerprint density at radius 2 is 2.10 bits per heavy atom. The van der Waals surface area contributed by atoms with Crippen molar-refractivity contribution in [1.82, 2.24) is 0 Å². The number of sulfone groups is 1. The minimum Gasteiger partial charge on any atom is -0.495 e. The lowest BCUT2D eigenvalue weighted by Gasteiger charge is -2.13. The summed E-state index contributed by atoms with van der Waals surface area (Å²) in [6.07, 6.45) is 0.469. The first-order valence-corrected chi connectivity index (χ1v) is 7.96. The lowest BCUT2D eigenvalue weighted by molar-refractivity contribution is -0.113. The topological polar surface area (TPSA) is 98.5 Å². The molecule has 6 nitrogen and oxygen atoms in total. The Hall–Kier alpha value is -1.76. The van der Waals surface area contributed by atoms with Crippen LogP contribution >= 0.6 is 0 Å². The Kier molecular flexibility index (Phi) is 5.38. The number of anilines is 2. The molecule has 0 aromatic heterocycles. The van der Waals surface area contributed by atoms with Crippen molar-refractivity contribution >= 4 is 27.1 Å². The predicted molar refractivity (Wildman–Crippen MR) is 79.6 cm³/mol. The van der Waals surface area contributed by atoms with Crippen molar-refractivity contribution in [2.45, 2.75) is 25.5 Å². The van der Waals surface area contributed by atoms with Gasteiger partial charge in [0.15, 0.2) is 9.84 Å². The maximum atomic E-state index is 11.9. The molecule has 3 N–H and O–H groups in total. The number of hydrogen-bond acceptors (Lipinski definition) is 5. The first kappa shape index (κ1) is 16.3. The van der Waals surface area contributed by atoms with Gasteiger partial charge in [-0.05, 0) is 31.5 Å². The summed E-state index contributed by atoms with van der Waals surface area (Å²) < 4.78 is 28.8. The van der Waals surface area contributed by atoms with Crippen LogP contribution in [0.5, 0.6) is 5.75 Å². The fraction of sp³-hybridized carbons (Fsp3) is 0.462. The predicted octanol–water partition coefficient (Wildman–Crippen LogP) is 1.43. The maximum Gasteiger partial charge on any atom is 0.239 e. The van der Waals surface area contributed by atoms with Crippen LogP contribution in [0.4, 0.5) is 11.4 Å². The third-order valence-corrected chi connectivity index (χ3v) is 5.24. The molecule has 1 rings (SSSR count). The number of methoxy groups -OCH3 is 1. The first-order chi connectivity index (χ1) is 9.30. The molecule has 1 aromatic rings. The zero-order valence-corrected chi connectivity index (χ0v) is 12.7. The van der Waals surface area contributed by atoms with Crippen molar-refractivity contribution in [3.05, 3.63) is 18.2 Å². The number of carbonyl (C=O) groups excluding carboxylic acids is 1. The van der Waals surface area contributed by atoms with Crippen LogP contribution in [0.2, 0.25) is 0 Å². The van der Waals surface area contributed by atoms with Gasteiger partial charge in [-0.25, -0.2) is 8.42 Å². The number of nitrogens with one attached hydrogen (secondary N) is 1. The Bertz CT molecular complexity index is 584. The summed E-state index contributed by atoms with van der Waals surface area (Å²) in [6.45, 7) is 3.35. The second-order valence-corrected chi connectivity index (χ2v) is 6.95. The van der Waals surface area contributed by atoms with Crippen LogP contribution in [0, 0.1) is 0 Å². The SMILES string of the molecule is CCC(C)S(=O)(=O)CC(=O)Nc1cc(N)ccc1OC. The molecule has 0 aliphatic heterocycles. The molecule has 1 unspecified atom stereocenters. The second-order valence-electron chi connectivity index (χ2n) is 4.53. The van der Waals surface area contributed by atoms with Gasteiger partial charge >= 0.3 is 0 Å². The van der Waals surface area contributed by atoms with Crippen molar-refractivity contribution in [3.8, 4) is 5.75 Å². The van der Waals surface area contributed by atoms with E-state index in [1.54, 1.807) is 26.0 Å². The van der Waals surface area contributed by atoms with E-state index in [4.69, 9.17) is 10.5 Å². The number of nitrogens with two attached hydrogens (primary N) is 1. The molecule has 0 saturated heterocycles. The third kappa shape index (κ3) is 4.12. The number of ether oxygens (including phenoxy) is 1. The summed E-state index contributed by atoms with van der Waals surface area (Å²) >= 11 is 0. The van der Waals surface area contributed by atoms with Gasteiger partial charge in [-0.2, -0.15) is 0 Å². The van der Waals surface area contributed by atoms with Crippen LogP contribution in [-0.4, -0.2) is 32.4 Å². The molecule has 0 aliphatic rings. The van der Waals surface area contributed by atoms with Crippen molar-refractivity contribution in [3.63, 3.8) is 0 Å². The van der Waals surface area contributed by atoms with E-state index in [1.165, 1.54) is 13.2 Å². The molecule has 0 bridgehead atoms. The molecule has 20 heavy (non-hydrogen) atoms. The van der Waals surface area contributed by atoms with Crippen LogP contribution < -0.4 is 15.8 Å². The van der Waals surface area contributed by atoms with Gasteiger partial charge in [0.2, 0.25) is 5.91 Å². The Morgan fingerprint density at radius 1 is 1.45 bits per heavy atom. The van der Waals surface area contributed by atoms with E-state index in [2.05, 4.69) is 5.32 Å². The smallest absolute Gasteiger partial charge is 0.239 e. The lowest BCUT2D eigenvalue weighted by atomic mass is 10.2. The average molecular weight is 300 g/mol. The largest absolute Gasteiger partial charge is 0.495 e. The van der Waals surface area contributed by atoms with E-state index in [0.717, 1.165) is 0 Å². The fourth-order valence-corrected chi connectivity index (χ4v) is 2.82. The minimum absolute atomic E-state index is 0.358. The number of rotatable bonds is 6. The number of hydrogen-bond donors (Lipinski definition) is 2. The van der Waals surface area contributed by atoms with E-state index >= 15 is 0 Å². The monoisotopic (exact) mass is 300 g/mol. The first-order valence-electron chi connectivity index (χ1n) is 6.25. The summed E-state index contributed by atoms with van der Waals surface area (Å²) in [5.41, 5.74) is 6.44. The molecule has 1 aromatic carbocycles. The van der Waals surface area contributed by atoms with Gasteiger partial charge < -0.3 is 15.8 Å². The zero-order chi connectivity index (χ0) is 15.3. The van der Waals surface area contributed by atoms with E-state index in [1.807, 2.05) is 0 Å². The Morgan fingerprint density at radius 3 is 2.65 bits per heavy atom. The summed E-state index contributed by atoms with van der Waals surface area (Å²) in [6, 6.07) is 4.76. The molecular weight excluding hydrogens is 280 g/mol. The molecule has 0 heterocycles. The van der Waals surface area contributed by atoms with Gasteiger partial charge in [-0.15, -0.1) is 0 Å². The quantitative estimate of drug-likeness (QED) is 0.774. The zero-order valence-electron chi connectivity index (χ0n) is 11.8. The molecule has 0 fully saturated rings. The van der Waals surface area contributed by atoms with Gasteiger partial charge in [0.05, 0.1) is 18.0 Å². The van der Waals surface area contributed by atoms with Crippen LogP contribution in [-0.2, 0) is 14.6 Å².